The van der Waals surface area contributed by atoms with Crippen molar-refractivity contribution in [3.8, 4) is 0 Å². The molecule has 0 unspecified atom stereocenters. The average molecular weight is 402 g/mol. The normalized spacial score (nSPS) is 17.4. The number of nitrogens with one attached hydrogen (secondary N) is 1. The van der Waals surface area contributed by atoms with E-state index in [9.17, 15) is 14.4 Å². The maximum Gasteiger partial charge on any atom is 0.332 e. The van der Waals surface area contributed by atoms with Crippen LogP contribution in [0.25, 0.3) is 0 Å². The van der Waals surface area contributed by atoms with Crippen LogP contribution < -0.4 is 4.90 Å². The number of rotatable bonds is 9. The second kappa shape index (κ2) is 10.3. The van der Waals surface area contributed by atoms with Crippen molar-refractivity contribution in [1.82, 2.24) is 9.80 Å². The highest BCUT2D eigenvalue weighted by molar-refractivity contribution is 6.30. The Kier molecular flexibility index (Phi) is 8.08. The van der Waals surface area contributed by atoms with Gasteiger partial charge < -0.3 is 4.90 Å². The van der Waals surface area contributed by atoms with Crippen LogP contribution in [0, 0.1) is 5.92 Å². The molecule has 7 heteroatoms. The van der Waals surface area contributed by atoms with E-state index >= 15 is 0 Å². The number of amides is 4. The van der Waals surface area contributed by atoms with E-state index < -0.39 is 23.8 Å². The van der Waals surface area contributed by atoms with Crippen LogP contribution in [0.5, 0.6) is 0 Å². The summed E-state index contributed by atoms with van der Waals surface area (Å²) in [5.74, 6) is -2.15. The molecule has 1 aliphatic rings. The molecule has 1 atom stereocenters. The van der Waals surface area contributed by atoms with E-state index in [1.54, 1.807) is 4.90 Å². The molecule has 0 aromatic heterocycles. The van der Waals surface area contributed by atoms with Gasteiger partial charge in [0, 0.05) is 20.1 Å². The number of hydrogen-bond acceptors (Lipinski definition) is 4. The van der Waals surface area contributed by atoms with E-state index in [0.717, 1.165) is 47.8 Å². The van der Waals surface area contributed by atoms with E-state index in [4.69, 9.17) is 4.99 Å². The molecule has 0 saturated carbocycles. The Labute approximate surface area is 173 Å². The quantitative estimate of drug-likeness (QED) is 0.500. The molecule has 29 heavy (non-hydrogen) atoms. The second-order valence-corrected chi connectivity index (χ2v) is 7.59. The van der Waals surface area contributed by atoms with Crippen LogP contribution in [0.2, 0.25) is 0 Å². The molecule has 158 valence electrons. The summed E-state index contributed by atoms with van der Waals surface area (Å²) in [6, 6.07) is 8.65. The first-order chi connectivity index (χ1) is 13.8. The summed E-state index contributed by atoms with van der Waals surface area (Å²) in [6.45, 7) is 9.65. The summed E-state index contributed by atoms with van der Waals surface area (Å²) < 4.78 is 0. The van der Waals surface area contributed by atoms with Crippen molar-refractivity contribution < 1.29 is 19.3 Å². The summed E-state index contributed by atoms with van der Waals surface area (Å²) in [5.41, 5.74) is 1.17. The van der Waals surface area contributed by atoms with Gasteiger partial charge in [0.2, 0.25) is 11.8 Å². The lowest BCUT2D eigenvalue weighted by Gasteiger charge is -2.33. The van der Waals surface area contributed by atoms with Gasteiger partial charge in [0.25, 0.3) is 0 Å². The van der Waals surface area contributed by atoms with Crippen LogP contribution in [0.15, 0.2) is 35.3 Å². The molecule has 4 amide bonds. The molecule has 1 N–H and O–H groups in total. The summed E-state index contributed by atoms with van der Waals surface area (Å²) in [4.78, 5) is 46.1. The highest BCUT2D eigenvalue weighted by Gasteiger charge is 2.45. The molecule has 1 aliphatic heterocycles. The minimum absolute atomic E-state index is 0.0333. The predicted molar refractivity (Wildman–Crippen MR) is 113 cm³/mol. The fourth-order valence-electron chi connectivity index (χ4n) is 3.62. The molecule has 0 spiro atoms. The molecular formula is C22H33N4O3+. The molecule has 1 fully saturated rings. The molecule has 7 nitrogen and oxygen atoms in total. The lowest BCUT2D eigenvalue weighted by molar-refractivity contribution is -0.896. The number of quaternary nitrogens is 1. The molecule has 0 radical (unpaired) electrons. The van der Waals surface area contributed by atoms with Gasteiger partial charge in [-0.1, -0.05) is 30.3 Å². The Hall–Kier alpha value is -2.54. The number of urea groups is 1. The van der Waals surface area contributed by atoms with Crippen LogP contribution >= 0.6 is 0 Å². The van der Waals surface area contributed by atoms with Crippen LogP contribution in [-0.2, 0) is 9.59 Å². The third-order valence-corrected chi connectivity index (χ3v) is 5.58. The van der Waals surface area contributed by atoms with E-state index in [0.29, 0.717) is 5.71 Å². The minimum atomic E-state index is -1.10. The van der Waals surface area contributed by atoms with Crippen molar-refractivity contribution in [1.29, 1.82) is 0 Å². The average Bonchev–Trinajstić information content (AvgIpc) is 2.74. The van der Waals surface area contributed by atoms with Gasteiger partial charge in [-0.15, -0.1) is 0 Å². The van der Waals surface area contributed by atoms with Crippen molar-refractivity contribution in [2.45, 2.75) is 39.7 Å². The predicted octanol–water partition coefficient (Wildman–Crippen LogP) is 1.24. The lowest BCUT2D eigenvalue weighted by Crippen LogP contribution is -3.11. The van der Waals surface area contributed by atoms with Gasteiger partial charge in [-0.2, -0.15) is 0 Å². The van der Waals surface area contributed by atoms with Crippen molar-refractivity contribution in [2.75, 3.05) is 33.7 Å². The first-order valence-electron chi connectivity index (χ1n) is 10.4. The van der Waals surface area contributed by atoms with Gasteiger partial charge in [-0.3, -0.25) is 24.4 Å². The van der Waals surface area contributed by atoms with Crippen LogP contribution in [0.4, 0.5) is 4.79 Å². The zero-order valence-corrected chi connectivity index (χ0v) is 18.1. The number of barbiturate groups is 1. The number of benzene rings is 1. The van der Waals surface area contributed by atoms with Gasteiger partial charge in [0.15, 0.2) is 5.92 Å². The van der Waals surface area contributed by atoms with E-state index in [-0.39, 0.29) is 6.04 Å². The standard InChI is InChI=1S/C22H32N4O3/c1-6-26(7-2)15-11-12-16(3)23-19(17-13-9-8-10-14-17)18-20(27)24(4)22(29)25(5)21(18)28/h8-10,13-14,16,18H,6-7,11-12,15H2,1-5H3/p+1/t16-/m1/s1. The van der Waals surface area contributed by atoms with Crippen LogP contribution in [0.1, 0.15) is 39.2 Å². The summed E-state index contributed by atoms with van der Waals surface area (Å²) in [7, 11) is 2.80. The molecule has 1 aromatic carbocycles. The van der Waals surface area contributed by atoms with Gasteiger partial charge >= 0.3 is 6.03 Å². The molecule has 2 rings (SSSR count). The molecule has 1 heterocycles. The molecule has 1 aromatic rings. The zero-order chi connectivity index (χ0) is 21.6. The number of aliphatic imine (C=N–C) groups is 1. The van der Waals surface area contributed by atoms with Gasteiger partial charge in [0.1, 0.15) is 0 Å². The third kappa shape index (κ3) is 5.29. The van der Waals surface area contributed by atoms with Crippen molar-refractivity contribution >= 4 is 23.6 Å². The minimum Gasteiger partial charge on any atom is -0.335 e. The first-order valence-corrected chi connectivity index (χ1v) is 10.4. The fourth-order valence-corrected chi connectivity index (χ4v) is 3.62. The second-order valence-electron chi connectivity index (χ2n) is 7.59. The van der Waals surface area contributed by atoms with Crippen molar-refractivity contribution in [3.63, 3.8) is 0 Å². The molecular weight excluding hydrogens is 368 g/mol. The number of hydrogen-bond donors (Lipinski definition) is 1. The monoisotopic (exact) mass is 401 g/mol. The zero-order valence-electron chi connectivity index (χ0n) is 18.1. The number of carbonyl (C=O) groups is 3. The summed E-state index contributed by atoms with van der Waals surface area (Å²) in [5, 5.41) is 0. The molecule has 0 bridgehead atoms. The number of nitrogens with zero attached hydrogens (tertiary/aromatic N) is 3. The fraction of sp³-hybridized carbons (Fsp3) is 0.545. The first kappa shape index (κ1) is 22.7. The van der Waals surface area contributed by atoms with E-state index in [1.807, 2.05) is 37.3 Å². The maximum absolute atomic E-state index is 12.8. The highest BCUT2D eigenvalue weighted by atomic mass is 16.2. The summed E-state index contributed by atoms with van der Waals surface area (Å²) in [6.07, 6.45) is 1.90. The molecule has 0 aliphatic carbocycles. The Balaban J connectivity index is 2.30. The van der Waals surface area contributed by atoms with E-state index in [1.165, 1.54) is 14.1 Å². The smallest absolute Gasteiger partial charge is 0.332 e. The Bertz CT molecular complexity index is 735. The Morgan fingerprint density at radius 3 is 2.10 bits per heavy atom. The van der Waals surface area contributed by atoms with Crippen LogP contribution in [-0.4, -0.2) is 73.1 Å². The third-order valence-electron chi connectivity index (χ3n) is 5.58. The Morgan fingerprint density at radius 1 is 1.03 bits per heavy atom. The lowest BCUT2D eigenvalue weighted by atomic mass is 9.92. The van der Waals surface area contributed by atoms with Crippen LogP contribution in [0.3, 0.4) is 0 Å². The highest BCUT2D eigenvalue weighted by Crippen LogP contribution is 2.22. The van der Waals surface area contributed by atoms with Crippen molar-refractivity contribution in [2.24, 2.45) is 10.9 Å². The van der Waals surface area contributed by atoms with Gasteiger partial charge in [-0.25, -0.2) is 4.79 Å². The Morgan fingerprint density at radius 2 is 1.59 bits per heavy atom. The van der Waals surface area contributed by atoms with E-state index in [2.05, 4.69) is 13.8 Å². The summed E-state index contributed by atoms with van der Waals surface area (Å²) >= 11 is 0. The SMILES string of the molecule is CC[NH+](CC)CCC[C@@H](C)N=C(c1ccccc1)C1C(=O)N(C)C(=O)N(C)C1=O. The van der Waals surface area contributed by atoms with Gasteiger partial charge in [0.05, 0.1) is 25.3 Å². The topological polar surface area (TPSA) is 74.5 Å². The largest absolute Gasteiger partial charge is 0.335 e. The maximum atomic E-state index is 12.8. The number of carbonyl (C=O) groups excluding carboxylic acids is 3. The molecule has 1 saturated heterocycles. The number of imide groups is 2. The van der Waals surface area contributed by atoms with Gasteiger partial charge in [-0.05, 0) is 39.2 Å². The van der Waals surface area contributed by atoms with Crippen molar-refractivity contribution in [3.05, 3.63) is 35.9 Å².